The van der Waals surface area contributed by atoms with Crippen LogP contribution in [0.15, 0.2) is 18.5 Å². The highest BCUT2D eigenvalue weighted by atomic mass is 16.5. The van der Waals surface area contributed by atoms with E-state index >= 15 is 0 Å². The normalized spacial score (nSPS) is 12.9. The number of nitrogens with zero attached hydrogens (tertiary/aromatic N) is 1. The summed E-state index contributed by atoms with van der Waals surface area (Å²) in [7, 11) is 1.70. The number of ether oxygens (including phenoxy) is 1. The van der Waals surface area contributed by atoms with Gasteiger partial charge in [-0.1, -0.05) is 6.92 Å². The van der Waals surface area contributed by atoms with Gasteiger partial charge in [-0.25, -0.2) is 0 Å². The van der Waals surface area contributed by atoms with Crippen LogP contribution >= 0.6 is 0 Å². The second-order valence-corrected chi connectivity index (χ2v) is 4.17. The average molecular weight is 226 g/mol. The summed E-state index contributed by atoms with van der Waals surface area (Å²) in [6.07, 6.45) is 4.17. The standard InChI is InChI=1S/C12H22N2O2/c1-11(10-15)8-14-5-3-12(9-14)7-13-4-6-16-2/h3,5,9,11,13,15H,4,6-8,10H2,1-2H3. The Balaban J connectivity index is 2.28. The Bertz CT molecular complexity index is 286. The van der Waals surface area contributed by atoms with Gasteiger partial charge in [0, 0.05) is 45.7 Å². The van der Waals surface area contributed by atoms with Gasteiger partial charge in [-0.05, 0) is 17.5 Å². The lowest BCUT2D eigenvalue weighted by molar-refractivity contribution is 0.199. The zero-order chi connectivity index (χ0) is 11.8. The van der Waals surface area contributed by atoms with Gasteiger partial charge in [0.2, 0.25) is 0 Å². The molecule has 1 rings (SSSR count). The second kappa shape index (κ2) is 7.44. The Hall–Kier alpha value is -0.840. The molecule has 2 N–H and O–H groups in total. The van der Waals surface area contributed by atoms with Gasteiger partial charge in [0.05, 0.1) is 6.61 Å². The lowest BCUT2D eigenvalue weighted by Gasteiger charge is -2.08. The molecule has 1 atom stereocenters. The van der Waals surface area contributed by atoms with Crippen LogP contribution in [0.5, 0.6) is 0 Å². The maximum Gasteiger partial charge on any atom is 0.0587 e. The molecule has 0 amide bonds. The summed E-state index contributed by atoms with van der Waals surface area (Å²) in [6, 6.07) is 2.10. The van der Waals surface area contributed by atoms with Gasteiger partial charge in [0.25, 0.3) is 0 Å². The topological polar surface area (TPSA) is 46.4 Å². The molecule has 4 nitrogen and oxygen atoms in total. The molecule has 4 heteroatoms. The second-order valence-electron chi connectivity index (χ2n) is 4.17. The minimum Gasteiger partial charge on any atom is -0.396 e. The minimum absolute atomic E-state index is 0.236. The molecule has 0 aliphatic heterocycles. The number of aliphatic hydroxyl groups is 1. The number of hydrogen-bond acceptors (Lipinski definition) is 3. The van der Waals surface area contributed by atoms with Crippen LogP contribution in [0.3, 0.4) is 0 Å². The molecule has 1 unspecified atom stereocenters. The summed E-state index contributed by atoms with van der Waals surface area (Å²) in [5.74, 6) is 0.307. The summed E-state index contributed by atoms with van der Waals surface area (Å²) in [6.45, 7) is 5.62. The van der Waals surface area contributed by atoms with E-state index in [9.17, 15) is 0 Å². The molecule has 0 aliphatic carbocycles. The summed E-state index contributed by atoms with van der Waals surface area (Å²) >= 11 is 0. The fraction of sp³-hybridized carbons (Fsp3) is 0.667. The van der Waals surface area contributed by atoms with Crippen molar-refractivity contribution in [2.45, 2.75) is 20.0 Å². The lowest BCUT2D eigenvalue weighted by Crippen LogP contribution is -2.18. The maximum absolute atomic E-state index is 8.96. The van der Waals surface area contributed by atoms with Crippen molar-refractivity contribution in [3.8, 4) is 0 Å². The van der Waals surface area contributed by atoms with E-state index in [1.165, 1.54) is 5.56 Å². The van der Waals surface area contributed by atoms with E-state index in [4.69, 9.17) is 9.84 Å². The van der Waals surface area contributed by atoms with Crippen molar-refractivity contribution in [3.63, 3.8) is 0 Å². The highest BCUT2D eigenvalue weighted by Gasteiger charge is 2.02. The highest BCUT2D eigenvalue weighted by molar-refractivity contribution is 5.09. The van der Waals surface area contributed by atoms with Crippen LogP contribution < -0.4 is 5.32 Å². The van der Waals surface area contributed by atoms with Gasteiger partial charge in [0.1, 0.15) is 0 Å². The molecule has 0 spiro atoms. The van der Waals surface area contributed by atoms with E-state index < -0.39 is 0 Å². The van der Waals surface area contributed by atoms with E-state index in [1.807, 2.05) is 6.92 Å². The van der Waals surface area contributed by atoms with Crippen LogP contribution in [0, 0.1) is 5.92 Å². The predicted molar refractivity (Wildman–Crippen MR) is 64.3 cm³/mol. The average Bonchev–Trinajstić information content (AvgIpc) is 2.72. The van der Waals surface area contributed by atoms with Crippen LogP contribution in [0.1, 0.15) is 12.5 Å². The first kappa shape index (κ1) is 13.2. The van der Waals surface area contributed by atoms with Crippen molar-refractivity contribution in [2.75, 3.05) is 26.9 Å². The van der Waals surface area contributed by atoms with Crippen LogP contribution in [0.4, 0.5) is 0 Å². The summed E-state index contributed by atoms with van der Waals surface area (Å²) < 4.78 is 7.08. The number of nitrogens with one attached hydrogen (secondary N) is 1. The maximum atomic E-state index is 8.96. The smallest absolute Gasteiger partial charge is 0.0587 e. The fourth-order valence-corrected chi connectivity index (χ4v) is 1.53. The number of aromatic nitrogens is 1. The largest absolute Gasteiger partial charge is 0.396 e. The molecule has 0 saturated carbocycles. The number of rotatable bonds is 8. The lowest BCUT2D eigenvalue weighted by atomic mass is 10.2. The summed E-state index contributed by atoms with van der Waals surface area (Å²) in [5, 5.41) is 12.3. The van der Waals surface area contributed by atoms with Crippen LogP contribution in [0.2, 0.25) is 0 Å². The molecule has 0 saturated heterocycles. The molecule has 0 radical (unpaired) electrons. The molecular formula is C12H22N2O2. The monoisotopic (exact) mass is 226 g/mol. The zero-order valence-electron chi connectivity index (χ0n) is 10.1. The van der Waals surface area contributed by atoms with E-state index in [0.29, 0.717) is 5.92 Å². The SMILES string of the molecule is COCCNCc1ccn(CC(C)CO)c1. The Morgan fingerprint density at radius 2 is 2.38 bits per heavy atom. The van der Waals surface area contributed by atoms with E-state index in [0.717, 1.165) is 26.2 Å². The van der Waals surface area contributed by atoms with Crippen molar-refractivity contribution in [1.82, 2.24) is 9.88 Å². The Morgan fingerprint density at radius 1 is 1.56 bits per heavy atom. The molecular weight excluding hydrogens is 204 g/mol. The summed E-state index contributed by atoms with van der Waals surface area (Å²) in [4.78, 5) is 0. The van der Waals surface area contributed by atoms with Gasteiger partial charge >= 0.3 is 0 Å². The third-order valence-corrected chi connectivity index (χ3v) is 2.46. The third-order valence-electron chi connectivity index (χ3n) is 2.46. The van der Waals surface area contributed by atoms with Gasteiger partial charge in [-0.15, -0.1) is 0 Å². The third kappa shape index (κ3) is 4.79. The Morgan fingerprint density at radius 3 is 3.06 bits per heavy atom. The molecule has 0 aliphatic rings. The van der Waals surface area contributed by atoms with Crippen molar-refractivity contribution in [2.24, 2.45) is 5.92 Å². The number of aliphatic hydroxyl groups excluding tert-OH is 1. The van der Waals surface area contributed by atoms with E-state index in [1.54, 1.807) is 7.11 Å². The van der Waals surface area contributed by atoms with Crippen LogP contribution in [0.25, 0.3) is 0 Å². The molecule has 0 fully saturated rings. The first-order valence-corrected chi connectivity index (χ1v) is 5.71. The van der Waals surface area contributed by atoms with Crippen LogP contribution in [-0.4, -0.2) is 36.5 Å². The van der Waals surface area contributed by atoms with Crippen molar-refractivity contribution >= 4 is 0 Å². The molecule has 1 heterocycles. The Kier molecular flexibility index (Phi) is 6.15. The first-order chi connectivity index (χ1) is 7.76. The van der Waals surface area contributed by atoms with E-state index in [2.05, 4.69) is 28.3 Å². The van der Waals surface area contributed by atoms with Gasteiger partial charge in [-0.3, -0.25) is 0 Å². The van der Waals surface area contributed by atoms with Crippen molar-refractivity contribution in [1.29, 1.82) is 0 Å². The molecule has 92 valence electrons. The van der Waals surface area contributed by atoms with Gasteiger partial charge in [0.15, 0.2) is 0 Å². The van der Waals surface area contributed by atoms with Crippen LogP contribution in [-0.2, 0) is 17.8 Å². The molecule has 0 aromatic carbocycles. The molecule has 16 heavy (non-hydrogen) atoms. The van der Waals surface area contributed by atoms with Crippen molar-refractivity contribution in [3.05, 3.63) is 24.0 Å². The molecule has 0 bridgehead atoms. The zero-order valence-corrected chi connectivity index (χ0v) is 10.1. The minimum atomic E-state index is 0.236. The van der Waals surface area contributed by atoms with Gasteiger partial charge in [-0.2, -0.15) is 0 Å². The Labute approximate surface area is 97.2 Å². The quantitative estimate of drug-likeness (QED) is 0.646. The number of hydrogen-bond donors (Lipinski definition) is 2. The summed E-state index contributed by atoms with van der Waals surface area (Å²) in [5.41, 5.74) is 1.27. The number of methoxy groups -OCH3 is 1. The predicted octanol–water partition coefficient (Wildman–Crippen LogP) is 0.852. The first-order valence-electron chi connectivity index (χ1n) is 5.71. The van der Waals surface area contributed by atoms with Gasteiger partial charge < -0.3 is 19.7 Å². The molecule has 1 aromatic heterocycles. The fourth-order valence-electron chi connectivity index (χ4n) is 1.53. The van der Waals surface area contributed by atoms with E-state index in [-0.39, 0.29) is 6.61 Å². The highest BCUT2D eigenvalue weighted by Crippen LogP contribution is 2.04. The molecule has 1 aromatic rings. The van der Waals surface area contributed by atoms with Crippen molar-refractivity contribution < 1.29 is 9.84 Å².